The van der Waals surface area contributed by atoms with Crippen LogP contribution in [0.4, 0.5) is 0 Å². The molecule has 0 aromatic heterocycles. The van der Waals surface area contributed by atoms with Gasteiger partial charge in [-0.15, -0.1) is 0 Å². The Labute approximate surface area is 107 Å². The summed E-state index contributed by atoms with van der Waals surface area (Å²) in [5.74, 6) is -1.46. The first kappa shape index (κ1) is 13.7. The maximum absolute atomic E-state index is 11.5. The lowest BCUT2D eigenvalue weighted by Crippen LogP contribution is -2.24. The number of amides is 1. The standard InChI is InChI=1S/C11H12BrNO4/c1-2-5-17-13-10(14)7-3-4-8(11(15)16)9(12)6-7/h3-4,6H,2,5H2,1H3,(H,13,14)(H,15,16). The third kappa shape index (κ3) is 3.83. The van der Waals surface area contributed by atoms with Crippen molar-refractivity contribution in [2.45, 2.75) is 13.3 Å². The number of hydrogen-bond donors (Lipinski definition) is 2. The molecular formula is C11H12BrNO4. The summed E-state index contributed by atoms with van der Waals surface area (Å²) in [4.78, 5) is 27.2. The van der Waals surface area contributed by atoms with E-state index in [1.54, 1.807) is 0 Å². The van der Waals surface area contributed by atoms with Crippen molar-refractivity contribution in [2.75, 3.05) is 6.61 Å². The quantitative estimate of drug-likeness (QED) is 0.646. The van der Waals surface area contributed by atoms with Gasteiger partial charge in [0, 0.05) is 10.0 Å². The fraction of sp³-hybridized carbons (Fsp3) is 0.273. The second-order valence-corrected chi connectivity index (χ2v) is 4.13. The van der Waals surface area contributed by atoms with Crippen LogP contribution in [0.5, 0.6) is 0 Å². The average molecular weight is 302 g/mol. The van der Waals surface area contributed by atoms with Gasteiger partial charge in [0.25, 0.3) is 5.91 Å². The van der Waals surface area contributed by atoms with Crippen LogP contribution >= 0.6 is 15.9 Å². The van der Waals surface area contributed by atoms with E-state index in [4.69, 9.17) is 9.94 Å². The molecular weight excluding hydrogens is 290 g/mol. The second-order valence-electron chi connectivity index (χ2n) is 3.28. The maximum atomic E-state index is 11.5. The molecule has 0 bridgehead atoms. The van der Waals surface area contributed by atoms with Gasteiger partial charge in [0.1, 0.15) is 0 Å². The van der Waals surface area contributed by atoms with E-state index >= 15 is 0 Å². The van der Waals surface area contributed by atoms with Gasteiger partial charge < -0.3 is 5.11 Å². The van der Waals surface area contributed by atoms with Gasteiger partial charge in [0.2, 0.25) is 0 Å². The van der Waals surface area contributed by atoms with Crippen molar-refractivity contribution in [2.24, 2.45) is 0 Å². The Kier molecular flexibility index (Phi) is 5.11. The molecule has 0 atom stereocenters. The number of hydrogen-bond acceptors (Lipinski definition) is 3. The summed E-state index contributed by atoms with van der Waals surface area (Å²) in [7, 11) is 0. The number of hydroxylamine groups is 1. The molecule has 17 heavy (non-hydrogen) atoms. The smallest absolute Gasteiger partial charge is 0.336 e. The maximum Gasteiger partial charge on any atom is 0.336 e. The van der Waals surface area contributed by atoms with Gasteiger partial charge in [-0.1, -0.05) is 6.92 Å². The molecule has 0 fully saturated rings. The van der Waals surface area contributed by atoms with Crippen LogP contribution in [0.15, 0.2) is 22.7 Å². The molecule has 0 radical (unpaired) electrons. The highest BCUT2D eigenvalue weighted by Crippen LogP contribution is 2.18. The lowest BCUT2D eigenvalue weighted by Gasteiger charge is -2.06. The van der Waals surface area contributed by atoms with E-state index in [2.05, 4.69) is 21.4 Å². The minimum atomic E-state index is -1.05. The normalized spacial score (nSPS) is 10.0. The van der Waals surface area contributed by atoms with Gasteiger partial charge >= 0.3 is 5.97 Å². The van der Waals surface area contributed by atoms with Gasteiger partial charge in [-0.2, -0.15) is 0 Å². The van der Waals surface area contributed by atoms with E-state index in [0.717, 1.165) is 6.42 Å². The molecule has 1 rings (SSSR count). The third-order valence-electron chi connectivity index (χ3n) is 1.93. The summed E-state index contributed by atoms with van der Waals surface area (Å²) >= 11 is 3.10. The molecule has 92 valence electrons. The minimum Gasteiger partial charge on any atom is -0.478 e. The first-order valence-electron chi connectivity index (χ1n) is 5.01. The van der Waals surface area contributed by atoms with Crippen LogP contribution in [0.3, 0.4) is 0 Å². The highest BCUT2D eigenvalue weighted by atomic mass is 79.9. The number of halogens is 1. The summed E-state index contributed by atoms with van der Waals surface area (Å²) in [6, 6.07) is 4.23. The number of benzene rings is 1. The summed E-state index contributed by atoms with van der Waals surface area (Å²) in [5.41, 5.74) is 2.71. The molecule has 0 saturated carbocycles. The SMILES string of the molecule is CCCONC(=O)c1ccc(C(=O)O)c(Br)c1. The Morgan fingerprint density at radius 3 is 2.71 bits per heavy atom. The van der Waals surface area contributed by atoms with E-state index in [1.807, 2.05) is 6.92 Å². The third-order valence-corrected chi connectivity index (χ3v) is 2.59. The van der Waals surface area contributed by atoms with Crippen molar-refractivity contribution in [3.8, 4) is 0 Å². The number of nitrogens with one attached hydrogen (secondary N) is 1. The number of rotatable bonds is 5. The van der Waals surface area contributed by atoms with E-state index in [9.17, 15) is 9.59 Å². The van der Waals surface area contributed by atoms with Crippen LogP contribution in [0.2, 0.25) is 0 Å². The number of aromatic carboxylic acids is 1. The molecule has 1 aromatic carbocycles. The topological polar surface area (TPSA) is 75.6 Å². The zero-order valence-corrected chi connectivity index (χ0v) is 10.8. The van der Waals surface area contributed by atoms with Crippen molar-refractivity contribution in [3.63, 3.8) is 0 Å². The van der Waals surface area contributed by atoms with Gasteiger partial charge in [0.05, 0.1) is 12.2 Å². The number of carbonyl (C=O) groups excluding carboxylic acids is 1. The summed E-state index contributed by atoms with van der Waals surface area (Å²) < 4.78 is 0.355. The number of carboxylic acids is 1. The molecule has 0 saturated heterocycles. The zero-order chi connectivity index (χ0) is 12.8. The molecule has 6 heteroatoms. The van der Waals surface area contributed by atoms with E-state index in [0.29, 0.717) is 16.6 Å². The second kappa shape index (κ2) is 6.36. The monoisotopic (exact) mass is 301 g/mol. The first-order valence-corrected chi connectivity index (χ1v) is 5.80. The largest absolute Gasteiger partial charge is 0.478 e. The van der Waals surface area contributed by atoms with E-state index in [-0.39, 0.29) is 5.56 Å². The fourth-order valence-corrected chi connectivity index (χ4v) is 1.66. The van der Waals surface area contributed by atoms with Gasteiger partial charge in [0.15, 0.2) is 0 Å². The molecule has 1 amide bonds. The molecule has 0 unspecified atom stereocenters. The average Bonchev–Trinajstić information content (AvgIpc) is 2.28. The van der Waals surface area contributed by atoms with Crippen LogP contribution < -0.4 is 5.48 Å². The fourth-order valence-electron chi connectivity index (χ4n) is 1.11. The summed E-state index contributed by atoms with van der Waals surface area (Å²) in [5, 5.41) is 8.81. The Balaban J connectivity index is 2.76. The molecule has 0 aliphatic carbocycles. The molecule has 0 aliphatic heterocycles. The number of carbonyl (C=O) groups is 2. The lowest BCUT2D eigenvalue weighted by molar-refractivity contribution is 0.0315. The predicted octanol–water partition coefficient (Wildman–Crippen LogP) is 2.22. The van der Waals surface area contributed by atoms with Gasteiger partial charge in [-0.25, -0.2) is 10.3 Å². The predicted molar refractivity (Wildman–Crippen MR) is 64.8 cm³/mol. The van der Waals surface area contributed by atoms with Crippen molar-refractivity contribution in [1.29, 1.82) is 0 Å². The van der Waals surface area contributed by atoms with Gasteiger partial charge in [-0.05, 0) is 40.5 Å². The summed E-state index contributed by atoms with van der Waals surface area (Å²) in [6.07, 6.45) is 0.794. The minimum absolute atomic E-state index is 0.107. The van der Waals surface area contributed by atoms with Crippen molar-refractivity contribution in [1.82, 2.24) is 5.48 Å². The first-order chi connectivity index (χ1) is 8.06. The van der Waals surface area contributed by atoms with Gasteiger partial charge in [-0.3, -0.25) is 9.63 Å². The Morgan fingerprint density at radius 2 is 2.18 bits per heavy atom. The Bertz CT molecular complexity index is 433. The molecule has 0 aliphatic rings. The van der Waals surface area contributed by atoms with E-state index < -0.39 is 11.9 Å². The van der Waals surface area contributed by atoms with Crippen LogP contribution in [0.1, 0.15) is 34.1 Å². The number of carboxylic acid groups (broad SMARTS) is 1. The summed E-state index contributed by atoms with van der Waals surface area (Å²) in [6.45, 7) is 2.35. The van der Waals surface area contributed by atoms with Crippen LogP contribution in [0, 0.1) is 0 Å². The molecule has 1 aromatic rings. The van der Waals surface area contributed by atoms with Crippen LogP contribution in [-0.2, 0) is 4.84 Å². The van der Waals surface area contributed by atoms with Crippen molar-refractivity contribution < 1.29 is 19.5 Å². The highest BCUT2D eigenvalue weighted by molar-refractivity contribution is 9.10. The molecule has 0 spiro atoms. The van der Waals surface area contributed by atoms with Crippen LogP contribution in [-0.4, -0.2) is 23.6 Å². The molecule has 0 heterocycles. The molecule has 2 N–H and O–H groups in total. The van der Waals surface area contributed by atoms with Crippen molar-refractivity contribution in [3.05, 3.63) is 33.8 Å². The van der Waals surface area contributed by atoms with Crippen LogP contribution in [0.25, 0.3) is 0 Å². The zero-order valence-electron chi connectivity index (χ0n) is 9.20. The Morgan fingerprint density at radius 1 is 1.47 bits per heavy atom. The lowest BCUT2D eigenvalue weighted by atomic mass is 10.1. The van der Waals surface area contributed by atoms with E-state index in [1.165, 1.54) is 18.2 Å². The Hall–Kier alpha value is -1.40. The highest BCUT2D eigenvalue weighted by Gasteiger charge is 2.12. The van der Waals surface area contributed by atoms with Crippen molar-refractivity contribution >= 4 is 27.8 Å². The molecule has 5 nitrogen and oxygen atoms in total.